The molecule has 2 heterocycles. The van der Waals surface area contributed by atoms with Gasteiger partial charge in [-0.05, 0) is 70.7 Å². The van der Waals surface area contributed by atoms with Crippen LogP contribution < -0.4 is 15.5 Å². The van der Waals surface area contributed by atoms with E-state index in [9.17, 15) is 19.1 Å². The van der Waals surface area contributed by atoms with Crippen LogP contribution in [-0.2, 0) is 9.53 Å². The fraction of sp³-hybridized carbons (Fsp3) is 0.593. The van der Waals surface area contributed by atoms with Crippen LogP contribution in [0.15, 0.2) is 30.5 Å². The number of anilines is 1. The number of amides is 2. The summed E-state index contributed by atoms with van der Waals surface area (Å²) < 4.78 is 18.6. The number of piperazine rings is 1. The maximum Gasteiger partial charge on any atom is 0.408 e. The number of aromatic nitrogens is 3. The Labute approximate surface area is 228 Å². The molecule has 4 rings (SSSR count). The summed E-state index contributed by atoms with van der Waals surface area (Å²) >= 11 is 0. The van der Waals surface area contributed by atoms with Crippen LogP contribution in [0.4, 0.5) is 15.1 Å². The van der Waals surface area contributed by atoms with Crippen LogP contribution in [-0.4, -0.2) is 93.7 Å². The molecule has 0 bridgehead atoms. The number of rotatable bonds is 7. The van der Waals surface area contributed by atoms with Crippen molar-refractivity contribution >= 4 is 17.9 Å². The molecule has 0 spiro atoms. The lowest BCUT2D eigenvalue weighted by Crippen LogP contribution is -2.57. The number of carbonyl (C=O) groups is 2. The minimum atomic E-state index is -0.731. The number of benzene rings is 1. The van der Waals surface area contributed by atoms with Gasteiger partial charge in [0.1, 0.15) is 11.4 Å². The van der Waals surface area contributed by atoms with Crippen LogP contribution in [0.2, 0.25) is 0 Å². The second-order valence-corrected chi connectivity index (χ2v) is 11.3. The molecule has 1 saturated carbocycles. The van der Waals surface area contributed by atoms with Crippen molar-refractivity contribution < 1.29 is 23.8 Å². The normalized spacial score (nSPS) is 22.3. The lowest BCUT2D eigenvalue weighted by Gasteiger charge is -2.40. The van der Waals surface area contributed by atoms with Crippen LogP contribution >= 0.6 is 0 Å². The summed E-state index contributed by atoms with van der Waals surface area (Å²) in [5.41, 5.74) is 0.0448. The molecule has 3 N–H and O–H groups in total. The summed E-state index contributed by atoms with van der Waals surface area (Å²) in [6.07, 6.45) is 3.44. The summed E-state index contributed by atoms with van der Waals surface area (Å²) in [5.74, 6) is 0.162. The van der Waals surface area contributed by atoms with Crippen molar-refractivity contribution in [3.05, 3.63) is 36.3 Å². The summed E-state index contributed by atoms with van der Waals surface area (Å²) in [5, 5.41) is 24.2. The second-order valence-electron chi connectivity index (χ2n) is 11.3. The maximum atomic E-state index is 13.2. The van der Waals surface area contributed by atoms with Gasteiger partial charge in [0.15, 0.2) is 0 Å². The Morgan fingerprint density at radius 3 is 2.41 bits per heavy atom. The Hall–Kier alpha value is -3.38. The van der Waals surface area contributed by atoms with Gasteiger partial charge >= 0.3 is 6.09 Å². The number of hydrogen-bond acceptors (Lipinski definition) is 9. The minimum absolute atomic E-state index is 0.00687. The van der Waals surface area contributed by atoms with E-state index in [1.165, 1.54) is 12.1 Å². The van der Waals surface area contributed by atoms with Gasteiger partial charge in [-0.25, -0.2) is 14.2 Å². The Kier molecular flexibility index (Phi) is 8.96. The average molecular weight is 544 g/mol. The molecule has 212 valence electrons. The zero-order valence-electron chi connectivity index (χ0n) is 22.8. The van der Waals surface area contributed by atoms with Crippen molar-refractivity contribution in [2.45, 2.75) is 63.6 Å². The van der Waals surface area contributed by atoms with E-state index in [2.05, 4.69) is 30.7 Å². The maximum absolute atomic E-state index is 13.2. The largest absolute Gasteiger partial charge is 0.444 e. The van der Waals surface area contributed by atoms with Crippen LogP contribution in [0.5, 0.6) is 0 Å². The number of nitrogens with zero attached hydrogens (tertiary/aromatic N) is 5. The van der Waals surface area contributed by atoms with Gasteiger partial charge in [0.25, 0.3) is 0 Å². The molecule has 2 amide bonds. The van der Waals surface area contributed by atoms with E-state index in [0.29, 0.717) is 70.0 Å². The second kappa shape index (κ2) is 12.2. The first kappa shape index (κ1) is 28.6. The molecular formula is C27H38FN7O4. The molecular weight excluding hydrogens is 505 g/mol. The zero-order chi connectivity index (χ0) is 28.0. The number of alkyl carbamates (subject to hydrolysis) is 1. The molecule has 1 aliphatic heterocycles. The minimum Gasteiger partial charge on any atom is -0.444 e. The Balaban J connectivity index is 1.21. The summed E-state index contributed by atoms with van der Waals surface area (Å²) in [6.45, 7) is 8.16. The van der Waals surface area contributed by atoms with Crippen molar-refractivity contribution in [2.75, 3.05) is 44.2 Å². The predicted octanol–water partition coefficient (Wildman–Crippen LogP) is 2.11. The van der Waals surface area contributed by atoms with E-state index >= 15 is 0 Å². The van der Waals surface area contributed by atoms with Crippen molar-refractivity contribution in [3.8, 4) is 11.3 Å². The number of carbonyl (C=O) groups excluding carboxylic acids is 2. The average Bonchev–Trinajstić information content (AvgIpc) is 2.90. The highest BCUT2D eigenvalue weighted by Gasteiger charge is 2.38. The number of ether oxygens (including phenoxy) is 1. The first-order chi connectivity index (χ1) is 18.5. The fourth-order valence-electron chi connectivity index (χ4n) is 4.93. The van der Waals surface area contributed by atoms with Gasteiger partial charge in [0.05, 0.1) is 30.6 Å². The molecule has 2 aromatic rings. The van der Waals surface area contributed by atoms with Gasteiger partial charge in [-0.1, -0.05) is 0 Å². The van der Waals surface area contributed by atoms with E-state index in [4.69, 9.17) is 4.74 Å². The third-order valence-electron chi connectivity index (χ3n) is 7.09. The number of halogens is 1. The van der Waals surface area contributed by atoms with Gasteiger partial charge in [0.2, 0.25) is 11.9 Å². The Morgan fingerprint density at radius 2 is 1.79 bits per heavy atom. The molecule has 11 nitrogen and oxygen atoms in total. The van der Waals surface area contributed by atoms with Crippen LogP contribution in [0.1, 0.15) is 46.5 Å². The van der Waals surface area contributed by atoms with E-state index in [0.717, 1.165) is 5.56 Å². The smallest absolute Gasteiger partial charge is 0.408 e. The lowest BCUT2D eigenvalue weighted by molar-refractivity contribution is -0.123. The van der Waals surface area contributed by atoms with E-state index in [1.54, 1.807) is 39.1 Å². The number of aliphatic hydroxyl groups is 1. The summed E-state index contributed by atoms with van der Waals surface area (Å²) in [6, 6.07) is 6.09. The molecule has 39 heavy (non-hydrogen) atoms. The quantitative estimate of drug-likeness (QED) is 0.480. The molecule has 1 aromatic carbocycles. The molecule has 1 aliphatic carbocycles. The molecule has 1 saturated heterocycles. The Bertz CT molecular complexity index is 1130. The van der Waals surface area contributed by atoms with Crippen LogP contribution in [0.25, 0.3) is 11.3 Å². The van der Waals surface area contributed by atoms with Gasteiger partial charge in [-0.15, -0.1) is 5.10 Å². The third-order valence-corrected chi connectivity index (χ3v) is 7.09. The van der Waals surface area contributed by atoms with Crippen LogP contribution in [0.3, 0.4) is 0 Å². The van der Waals surface area contributed by atoms with Gasteiger partial charge in [-0.3, -0.25) is 9.69 Å². The van der Waals surface area contributed by atoms with Crippen molar-refractivity contribution in [2.24, 2.45) is 0 Å². The monoisotopic (exact) mass is 543 g/mol. The van der Waals surface area contributed by atoms with Gasteiger partial charge in [-0.2, -0.15) is 5.10 Å². The fourth-order valence-corrected chi connectivity index (χ4v) is 4.93. The first-order valence-corrected chi connectivity index (χ1v) is 13.4. The summed E-state index contributed by atoms with van der Waals surface area (Å²) in [4.78, 5) is 33.7. The van der Waals surface area contributed by atoms with Crippen molar-refractivity contribution in [1.29, 1.82) is 0 Å². The van der Waals surface area contributed by atoms with Crippen LogP contribution in [0, 0.1) is 5.82 Å². The van der Waals surface area contributed by atoms with Gasteiger partial charge < -0.3 is 25.4 Å². The third kappa shape index (κ3) is 8.06. The molecule has 1 aromatic heterocycles. The topological polar surface area (TPSA) is 133 Å². The SMILES string of the molecule is CC(C)(C)OC(=O)N[C@]1(CO)CC[C@@H](NC(=O)CN2CCN(c3nncc(-c4ccc(F)cc4)n3)CC2)CC1. The van der Waals surface area contributed by atoms with Crippen molar-refractivity contribution in [1.82, 2.24) is 30.7 Å². The zero-order valence-corrected chi connectivity index (χ0v) is 22.8. The standard InChI is InChI=1S/C27H38FN7O4/c1-26(2,3)39-25(38)32-27(18-36)10-8-21(9-11-27)30-23(37)17-34-12-14-35(15-13-34)24-31-22(16-29-33-24)19-4-6-20(28)7-5-19/h4-7,16,21,36H,8-15,17-18H2,1-3H3,(H,30,37)(H,32,38)/t21-,27-. The highest BCUT2D eigenvalue weighted by molar-refractivity contribution is 5.78. The number of hydrogen-bond donors (Lipinski definition) is 3. The highest BCUT2D eigenvalue weighted by atomic mass is 19.1. The van der Waals surface area contributed by atoms with Crippen molar-refractivity contribution in [3.63, 3.8) is 0 Å². The summed E-state index contributed by atoms with van der Waals surface area (Å²) in [7, 11) is 0. The number of nitrogens with one attached hydrogen (secondary N) is 2. The number of aliphatic hydroxyl groups excluding tert-OH is 1. The molecule has 0 unspecified atom stereocenters. The first-order valence-electron chi connectivity index (χ1n) is 13.4. The van der Waals surface area contributed by atoms with E-state index in [-0.39, 0.29) is 24.4 Å². The van der Waals surface area contributed by atoms with E-state index in [1.807, 2.05) is 4.90 Å². The van der Waals surface area contributed by atoms with E-state index < -0.39 is 17.2 Å². The highest BCUT2D eigenvalue weighted by Crippen LogP contribution is 2.29. The molecule has 2 fully saturated rings. The predicted molar refractivity (Wildman–Crippen MR) is 143 cm³/mol. The Morgan fingerprint density at radius 1 is 1.13 bits per heavy atom. The molecule has 12 heteroatoms. The lowest BCUT2D eigenvalue weighted by atomic mass is 9.80. The molecule has 0 atom stereocenters. The van der Waals surface area contributed by atoms with Gasteiger partial charge in [0, 0.05) is 37.8 Å². The molecule has 2 aliphatic rings. The molecule has 0 radical (unpaired) electrons.